The van der Waals surface area contributed by atoms with Gasteiger partial charge in [0.2, 0.25) is 0 Å². The second kappa shape index (κ2) is 5.68. The Labute approximate surface area is 101 Å². The Morgan fingerprint density at radius 1 is 1.56 bits per heavy atom. The zero-order chi connectivity index (χ0) is 11.5. The van der Waals surface area contributed by atoms with E-state index in [0.29, 0.717) is 0 Å². The van der Waals surface area contributed by atoms with Gasteiger partial charge in [-0.05, 0) is 18.1 Å². The molecule has 0 bridgehead atoms. The number of carbonyl (C=O) groups is 1. The quantitative estimate of drug-likeness (QED) is 0.792. The van der Waals surface area contributed by atoms with Crippen LogP contribution < -0.4 is 5.73 Å². The summed E-state index contributed by atoms with van der Waals surface area (Å²) >= 11 is 0. The van der Waals surface area contributed by atoms with Crippen LogP contribution in [0.15, 0.2) is 36.9 Å². The van der Waals surface area contributed by atoms with Gasteiger partial charge in [0.05, 0.1) is 0 Å². The first-order valence-electron chi connectivity index (χ1n) is 4.70. The van der Waals surface area contributed by atoms with Crippen molar-refractivity contribution in [1.82, 2.24) is 0 Å². The van der Waals surface area contributed by atoms with Crippen molar-refractivity contribution in [2.45, 2.75) is 18.9 Å². The molecule has 0 aliphatic carbocycles. The Hall–Kier alpha value is -1.32. The predicted molar refractivity (Wildman–Crippen MR) is 66.9 cm³/mol. The number of benzene rings is 1. The Balaban J connectivity index is 0.00000225. The number of nitrogens with two attached hydrogens (primary N) is 1. The molecule has 0 spiro atoms. The van der Waals surface area contributed by atoms with Gasteiger partial charge in [-0.15, -0.1) is 19.0 Å². The van der Waals surface area contributed by atoms with Crippen LogP contribution >= 0.6 is 12.4 Å². The van der Waals surface area contributed by atoms with Crippen molar-refractivity contribution in [3.63, 3.8) is 0 Å². The van der Waals surface area contributed by atoms with Crippen molar-refractivity contribution in [3.05, 3.63) is 48.0 Å². The molecule has 0 aliphatic rings. The minimum Gasteiger partial charge on any atom is -0.480 e. The van der Waals surface area contributed by atoms with Crippen LogP contribution in [0.5, 0.6) is 0 Å². The minimum absolute atomic E-state index is 0. The van der Waals surface area contributed by atoms with Crippen LogP contribution in [-0.2, 0) is 11.2 Å². The highest BCUT2D eigenvalue weighted by molar-refractivity contribution is 5.85. The van der Waals surface area contributed by atoms with Gasteiger partial charge in [-0.1, -0.05) is 30.3 Å². The fraction of sp³-hybridized carbons (Fsp3) is 0.250. The second-order valence-electron chi connectivity index (χ2n) is 3.65. The van der Waals surface area contributed by atoms with Gasteiger partial charge in [-0.2, -0.15) is 0 Å². The molecule has 0 saturated heterocycles. The van der Waals surface area contributed by atoms with E-state index < -0.39 is 11.5 Å². The van der Waals surface area contributed by atoms with Gasteiger partial charge >= 0.3 is 5.97 Å². The SMILES string of the molecule is C=CC(N)(Cc1ccccc1C)C(=O)O.Cl. The van der Waals surface area contributed by atoms with Gasteiger partial charge in [-0.3, -0.25) is 0 Å². The molecule has 0 aliphatic heterocycles. The molecule has 0 saturated carbocycles. The van der Waals surface area contributed by atoms with Crippen molar-refractivity contribution in [3.8, 4) is 0 Å². The molecule has 0 amide bonds. The summed E-state index contributed by atoms with van der Waals surface area (Å²) < 4.78 is 0. The monoisotopic (exact) mass is 241 g/mol. The van der Waals surface area contributed by atoms with Crippen LogP contribution in [0.1, 0.15) is 11.1 Å². The Bertz CT molecular complexity index is 392. The van der Waals surface area contributed by atoms with E-state index in [1.54, 1.807) is 0 Å². The van der Waals surface area contributed by atoms with Crippen molar-refractivity contribution in [2.24, 2.45) is 5.73 Å². The molecule has 1 aromatic rings. The molecule has 0 radical (unpaired) electrons. The van der Waals surface area contributed by atoms with Crippen LogP contribution in [0.3, 0.4) is 0 Å². The number of hydrogen-bond acceptors (Lipinski definition) is 2. The molecule has 0 fully saturated rings. The number of halogens is 1. The van der Waals surface area contributed by atoms with E-state index in [4.69, 9.17) is 10.8 Å². The number of hydrogen-bond donors (Lipinski definition) is 2. The van der Waals surface area contributed by atoms with Gasteiger partial charge in [0.1, 0.15) is 5.54 Å². The van der Waals surface area contributed by atoms with Crippen LogP contribution in [-0.4, -0.2) is 16.6 Å². The molecule has 0 aromatic heterocycles. The fourth-order valence-electron chi connectivity index (χ4n) is 1.36. The summed E-state index contributed by atoms with van der Waals surface area (Å²) in [6, 6.07) is 7.59. The third-order valence-electron chi connectivity index (χ3n) is 2.51. The largest absolute Gasteiger partial charge is 0.480 e. The summed E-state index contributed by atoms with van der Waals surface area (Å²) in [5, 5.41) is 8.99. The number of rotatable bonds is 4. The highest BCUT2D eigenvalue weighted by atomic mass is 35.5. The maximum Gasteiger partial charge on any atom is 0.328 e. The van der Waals surface area contributed by atoms with Crippen molar-refractivity contribution < 1.29 is 9.90 Å². The van der Waals surface area contributed by atoms with E-state index in [-0.39, 0.29) is 18.8 Å². The van der Waals surface area contributed by atoms with E-state index in [2.05, 4.69) is 6.58 Å². The Morgan fingerprint density at radius 3 is 2.56 bits per heavy atom. The van der Waals surface area contributed by atoms with Gasteiger partial charge in [0.25, 0.3) is 0 Å². The zero-order valence-corrected chi connectivity index (χ0v) is 9.96. The molecular formula is C12H16ClNO2. The van der Waals surface area contributed by atoms with Crippen LogP contribution in [0.4, 0.5) is 0 Å². The third kappa shape index (κ3) is 3.08. The van der Waals surface area contributed by atoms with Crippen molar-refractivity contribution in [2.75, 3.05) is 0 Å². The number of aliphatic carboxylic acids is 1. The van der Waals surface area contributed by atoms with Crippen LogP contribution in [0, 0.1) is 6.92 Å². The molecule has 3 N–H and O–H groups in total. The normalized spacial score (nSPS) is 13.4. The lowest BCUT2D eigenvalue weighted by Crippen LogP contribution is -2.48. The predicted octanol–water partition coefficient (Wildman–Crippen LogP) is 1.93. The maximum absolute atomic E-state index is 11.0. The molecule has 1 aromatic carbocycles. The minimum atomic E-state index is -1.38. The first kappa shape index (κ1) is 14.7. The Kier molecular flexibility index (Phi) is 5.21. The second-order valence-corrected chi connectivity index (χ2v) is 3.65. The van der Waals surface area contributed by atoms with E-state index in [1.165, 1.54) is 6.08 Å². The lowest BCUT2D eigenvalue weighted by molar-refractivity contribution is -0.141. The third-order valence-corrected chi connectivity index (χ3v) is 2.51. The summed E-state index contributed by atoms with van der Waals surface area (Å²) in [4.78, 5) is 11.0. The molecule has 4 heteroatoms. The summed E-state index contributed by atoms with van der Waals surface area (Å²) in [6.45, 7) is 5.41. The van der Waals surface area contributed by atoms with Gasteiger partial charge < -0.3 is 10.8 Å². The lowest BCUT2D eigenvalue weighted by atomic mass is 9.90. The van der Waals surface area contributed by atoms with Crippen LogP contribution in [0.25, 0.3) is 0 Å². The molecule has 1 rings (SSSR count). The summed E-state index contributed by atoms with van der Waals surface area (Å²) in [5.41, 5.74) is 6.31. The summed E-state index contributed by atoms with van der Waals surface area (Å²) in [7, 11) is 0. The highest BCUT2D eigenvalue weighted by Gasteiger charge is 2.30. The maximum atomic E-state index is 11.0. The van der Waals surface area contributed by atoms with Crippen molar-refractivity contribution >= 4 is 18.4 Å². The van der Waals surface area contributed by atoms with E-state index in [1.807, 2.05) is 31.2 Å². The van der Waals surface area contributed by atoms with E-state index in [9.17, 15) is 4.79 Å². The number of aryl methyl sites for hydroxylation is 1. The number of carboxylic acids is 1. The van der Waals surface area contributed by atoms with Crippen LogP contribution in [0.2, 0.25) is 0 Å². The number of carboxylic acid groups (broad SMARTS) is 1. The molecule has 1 atom stereocenters. The van der Waals surface area contributed by atoms with Crippen molar-refractivity contribution in [1.29, 1.82) is 0 Å². The van der Waals surface area contributed by atoms with Gasteiger partial charge in [-0.25, -0.2) is 4.79 Å². The average molecular weight is 242 g/mol. The van der Waals surface area contributed by atoms with E-state index in [0.717, 1.165) is 11.1 Å². The zero-order valence-electron chi connectivity index (χ0n) is 9.14. The highest BCUT2D eigenvalue weighted by Crippen LogP contribution is 2.16. The van der Waals surface area contributed by atoms with Gasteiger partial charge in [0, 0.05) is 6.42 Å². The summed E-state index contributed by atoms with van der Waals surface area (Å²) in [6.07, 6.45) is 1.54. The first-order chi connectivity index (χ1) is 6.99. The average Bonchev–Trinajstić information content (AvgIpc) is 2.21. The molecule has 16 heavy (non-hydrogen) atoms. The lowest BCUT2D eigenvalue weighted by Gasteiger charge is -2.21. The smallest absolute Gasteiger partial charge is 0.328 e. The van der Waals surface area contributed by atoms with Gasteiger partial charge in [0.15, 0.2) is 0 Å². The standard InChI is InChI=1S/C12H15NO2.ClH/c1-3-12(13,11(14)15)8-10-7-5-4-6-9(10)2;/h3-7H,1,8,13H2,2H3,(H,14,15);1H. The molecule has 88 valence electrons. The Morgan fingerprint density at radius 2 is 2.12 bits per heavy atom. The first-order valence-corrected chi connectivity index (χ1v) is 4.70. The fourth-order valence-corrected chi connectivity index (χ4v) is 1.36. The molecular weight excluding hydrogens is 226 g/mol. The van der Waals surface area contributed by atoms with E-state index >= 15 is 0 Å². The molecule has 0 heterocycles. The summed E-state index contributed by atoms with van der Waals surface area (Å²) in [5.74, 6) is -1.05. The molecule has 1 unspecified atom stereocenters. The molecule has 3 nitrogen and oxygen atoms in total. The topological polar surface area (TPSA) is 63.3 Å².